The van der Waals surface area contributed by atoms with E-state index >= 15 is 0 Å². The molecule has 14 heteroatoms. The average molecular weight is 929 g/mol. The molecule has 2 fully saturated rings. The third-order valence-corrected chi connectivity index (χ3v) is 13.7. The molecule has 0 spiro atoms. The number of aryl methyl sites for hydroxylation is 1. The predicted molar refractivity (Wildman–Crippen MR) is 266 cm³/mol. The van der Waals surface area contributed by atoms with Crippen LogP contribution in [0.1, 0.15) is 117 Å². The molecule has 4 heterocycles. The lowest BCUT2D eigenvalue weighted by Crippen LogP contribution is -2.62. The van der Waals surface area contributed by atoms with Crippen LogP contribution in [0.2, 0.25) is 0 Å². The fraction of sp³-hybridized carbons (Fsp3) is 0.556. The number of hydrogen-bond donors (Lipinski definition) is 2. The van der Waals surface area contributed by atoms with Crippen LogP contribution in [0, 0.1) is 17.3 Å². The number of cyclic esters (lactones) is 1. The van der Waals surface area contributed by atoms with Gasteiger partial charge in [-0.2, -0.15) is 0 Å². The molecular formula is C54H72N8O6. The Bertz CT molecular complexity index is 2570. The SMILES string of the molecule is CCn1c(-c2cccnc2[C@H](C)OC)c2c3cc(ccc31)-c1cccc(c1)C[C@H](NC(=O)C(C(C)C)N(C)C(=O)[C@H]1CC[C@H](N=C=NC(C)(C)C)C1)C(=O)N1CCC[C@H](N1)C(=O)OCC(C)(C)C2. The number of fused-ring (bicyclic) bond motifs is 6. The molecule has 68 heavy (non-hydrogen) atoms. The summed E-state index contributed by atoms with van der Waals surface area (Å²) in [6.07, 6.45) is 5.32. The number of ether oxygens (including phenoxy) is 2. The number of nitrogens with zero attached hydrogens (tertiary/aromatic N) is 6. The zero-order valence-corrected chi connectivity index (χ0v) is 42.0. The van der Waals surface area contributed by atoms with Gasteiger partial charge < -0.3 is 24.3 Å². The topological polar surface area (TPSA) is 160 Å². The third kappa shape index (κ3) is 11.3. The Morgan fingerprint density at radius 1 is 1.06 bits per heavy atom. The zero-order chi connectivity index (χ0) is 49.1. The van der Waals surface area contributed by atoms with Crippen LogP contribution < -0.4 is 10.7 Å². The summed E-state index contributed by atoms with van der Waals surface area (Å²) in [5.41, 5.74) is 10.3. The lowest BCUT2D eigenvalue weighted by atomic mass is 9.84. The lowest BCUT2D eigenvalue weighted by Gasteiger charge is -2.37. The van der Waals surface area contributed by atoms with E-state index in [0.29, 0.717) is 45.2 Å². The Morgan fingerprint density at radius 2 is 1.82 bits per heavy atom. The molecule has 1 saturated carbocycles. The summed E-state index contributed by atoms with van der Waals surface area (Å²) in [6.45, 7) is 19.4. The smallest absolute Gasteiger partial charge is 0.324 e. The van der Waals surface area contributed by atoms with Gasteiger partial charge in [0.1, 0.15) is 18.1 Å². The highest BCUT2D eigenvalue weighted by molar-refractivity contribution is 5.96. The van der Waals surface area contributed by atoms with Crippen LogP contribution in [0.25, 0.3) is 33.3 Å². The number of benzene rings is 2. The second-order valence-corrected chi connectivity index (χ2v) is 21.2. The maximum atomic E-state index is 14.8. The van der Waals surface area contributed by atoms with E-state index < -0.39 is 35.4 Å². The first-order chi connectivity index (χ1) is 32.3. The van der Waals surface area contributed by atoms with E-state index in [4.69, 9.17) is 14.5 Å². The maximum absolute atomic E-state index is 14.8. The van der Waals surface area contributed by atoms with Crippen LogP contribution >= 0.6 is 0 Å². The molecule has 364 valence electrons. The van der Waals surface area contributed by atoms with Crippen molar-refractivity contribution in [2.24, 2.45) is 27.2 Å². The molecule has 3 amide bonds. The number of amides is 3. The monoisotopic (exact) mass is 929 g/mol. The van der Waals surface area contributed by atoms with Gasteiger partial charge in [-0.15, -0.1) is 0 Å². The number of likely N-dealkylation sites (N-methyl/N-ethyl adjacent to an activating group) is 1. The lowest BCUT2D eigenvalue weighted by molar-refractivity contribution is -0.155. The van der Waals surface area contributed by atoms with E-state index in [9.17, 15) is 19.2 Å². The van der Waals surface area contributed by atoms with Crippen molar-refractivity contribution in [1.82, 2.24) is 30.2 Å². The average Bonchev–Trinajstić information content (AvgIpc) is 3.90. The number of hydrazine groups is 1. The van der Waals surface area contributed by atoms with E-state index in [0.717, 1.165) is 56.5 Å². The van der Waals surface area contributed by atoms with Crippen LogP contribution in [0.3, 0.4) is 0 Å². The third-order valence-electron chi connectivity index (χ3n) is 13.7. The predicted octanol–water partition coefficient (Wildman–Crippen LogP) is 8.37. The first kappa shape index (κ1) is 50.2. The summed E-state index contributed by atoms with van der Waals surface area (Å²) in [5.74, 6) is -1.91. The Labute approximate surface area is 402 Å². The normalized spacial score (nSPS) is 21.9. The van der Waals surface area contributed by atoms with Crippen LogP contribution in [0.5, 0.6) is 0 Å². The molecule has 6 atom stereocenters. The van der Waals surface area contributed by atoms with Crippen LogP contribution in [0.15, 0.2) is 70.8 Å². The van der Waals surface area contributed by atoms with Gasteiger partial charge in [0, 0.05) is 67.7 Å². The molecule has 1 aliphatic carbocycles. The van der Waals surface area contributed by atoms with Crippen molar-refractivity contribution < 1.29 is 28.7 Å². The van der Waals surface area contributed by atoms with Crippen molar-refractivity contribution in [3.63, 3.8) is 0 Å². The Balaban J connectivity index is 1.26. The number of aliphatic imine (C=N–C) groups is 2. The Hall–Kier alpha value is -5.69. The highest BCUT2D eigenvalue weighted by Gasteiger charge is 2.40. The highest BCUT2D eigenvalue weighted by Crippen LogP contribution is 2.42. The minimum atomic E-state index is -1.02. The van der Waals surface area contributed by atoms with Gasteiger partial charge in [-0.3, -0.25) is 29.2 Å². The summed E-state index contributed by atoms with van der Waals surface area (Å²) in [6, 6.07) is 18.9. The van der Waals surface area contributed by atoms with Crippen molar-refractivity contribution in [1.29, 1.82) is 0 Å². The van der Waals surface area contributed by atoms with Crippen molar-refractivity contribution in [3.05, 3.63) is 77.6 Å². The first-order valence-corrected chi connectivity index (χ1v) is 24.5. The number of rotatable bonds is 10. The molecule has 0 radical (unpaired) electrons. The van der Waals surface area contributed by atoms with Gasteiger partial charge in [-0.1, -0.05) is 58.0 Å². The van der Waals surface area contributed by atoms with Crippen molar-refractivity contribution in [3.8, 4) is 22.4 Å². The number of aromatic nitrogens is 2. The van der Waals surface area contributed by atoms with Gasteiger partial charge >= 0.3 is 5.97 Å². The second kappa shape index (κ2) is 20.9. The molecule has 6 bridgehead atoms. The van der Waals surface area contributed by atoms with Crippen molar-refractivity contribution in [2.45, 2.75) is 150 Å². The second-order valence-electron chi connectivity index (χ2n) is 21.2. The Kier molecular flexibility index (Phi) is 15.4. The van der Waals surface area contributed by atoms with E-state index in [1.807, 2.05) is 59.7 Å². The molecule has 2 aliphatic heterocycles. The van der Waals surface area contributed by atoms with Gasteiger partial charge in [-0.05, 0) is 126 Å². The van der Waals surface area contributed by atoms with E-state index in [1.54, 1.807) is 25.3 Å². The number of pyridine rings is 1. The number of nitrogens with one attached hydrogen (secondary N) is 2. The number of carbonyl (C=O) groups excluding carboxylic acids is 4. The van der Waals surface area contributed by atoms with Gasteiger partial charge in [0.15, 0.2) is 0 Å². The summed E-state index contributed by atoms with van der Waals surface area (Å²) in [5, 5.41) is 5.66. The highest BCUT2D eigenvalue weighted by atomic mass is 16.5. The van der Waals surface area contributed by atoms with Crippen LogP contribution in [-0.4, -0.2) is 106 Å². The van der Waals surface area contributed by atoms with Crippen molar-refractivity contribution >= 4 is 40.6 Å². The van der Waals surface area contributed by atoms with Gasteiger partial charge in [0.05, 0.1) is 41.7 Å². The molecule has 14 nitrogen and oxygen atoms in total. The minimum absolute atomic E-state index is 0.0658. The minimum Gasteiger partial charge on any atom is -0.464 e. The van der Waals surface area contributed by atoms with Gasteiger partial charge in [0.2, 0.25) is 11.8 Å². The summed E-state index contributed by atoms with van der Waals surface area (Å²) in [7, 11) is 3.37. The Morgan fingerprint density at radius 3 is 2.54 bits per heavy atom. The zero-order valence-electron chi connectivity index (χ0n) is 42.0. The number of carbonyl (C=O) groups is 4. The van der Waals surface area contributed by atoms with Crippen molar-refractivity contribution in [2.75, 3.05) is 27.3 Å². The summed E-state index contributed by atoms with van der Waals surface area (Å²) < 4.78 is 14.3. The molecule has 1 saturated heterocycles. The molecule has 4 aromatic rings. The molecular weight excluding hydrogens is 857 g/mol. The van der Waals surface area contributed by atoms with E-state index in [1.165, 1.54) is 5.01 Å². The fourth-order valence-corrected chi connectivity index (χ4v) is 10.2. The summed E-state index contributed by atoms with van der Waals surface area (Å²) in [4.78, 5) is 72.7. The largest absolute Gasteiger partial charge is 0.464 e. The molecule has 3 aliphatic rings. The molecule has 1 unspecified atom stereocenters. The van der Waals surface area contributed by atoms with E-state index in [2.05, 4.69) is 88.5 Å². The van der Waals surface area contributed by atoms with Crippen LogP contribution in [0.4, 0.5) is 0 Å². The number of hydrogen-bond acceptors (Lipinski definition) is 10. The standard InChI is InChI=1S/C54H72N8O6/c1-12-61-45-23-21-37-29-41(45)42(48(61)40-18-14-24-55-46(40)34(4)67-11)30-54(8,9)31-68-52(66)43-19-15-25-62(59-43)51(65)44(27-35-16-13-17-36(37)26-35)58-49(63)47(33(2)3)60(10)50(64)38-20-22-39(28-38)56-32-57-53(5,6)7/h13-14,16-18,21,23-24,26,29,33-34,38-39,43-44,47,59H,12,15,19-20,22,25,27-28,30-31H2,1-11H3,(H,58,63)/t34-,38-,39-,43-,44-,47?/m0/s1. The molecule has 2 aromatic heterocycles. The summed E-state index contributed by atoms with van der Waals surface area (Å²) >= 11 is 0. The number of esters is 1. The quantitative estimate of drug-likeness (QED) is 0.119. The molecule has 2 N–H and O–H groups in total. The van der Waals surface area contributed by atoms with E-state index in [-0.39, 0.29) is 54.4 Å². The first-order valence-electron chi connectivity index (χ1n) is 24.5. The number of methoxy groups -OCH3 is 1. The van der Waals surface area contributed by atoms with Crippen LogP contribution in [-0.2, 0) is 48.0 Å². The van der Waals surface area contributed by atoms with Gasteiger partial charge in [0.25, 0.3) is 5.91 Å². The fourth-order valence-electron chi connectivity index (χ4n) is 10.2. The molecule has 7 rings (SSSR count). The maximum Gasteiger partial charge on any atom is 0.324 e. The molecule has 2 aromatic carbocycles. The van der Waals surface area contributed by atoms with Gasteiger partial charge in [-0.25, -0.2) is 15.4 Å².